The van der Waals surface area contributed by atoms with Crippen molar-refractivity contribution in [1.29, 1.82) is 0 Å². The van der Waals surface area contributed by atoms with Gasteiger partial charge in [0.15, 0.2) is 0 Å². The molecule has 1 unspecified atom stereocenters. The molecular weight excluding hydrogens is 402 g/mol. The van der Waals surface area contributed by atoms with Gasteiger partial charge < -0.3 is 14.7 Å². The Morgan fingerprint density at radius 2 is 1.78 bits per heavy atom. The van der Waals surface area contributed by atoms with E-state index in [1.807, 2.05) is 56.3 Å². The first kappa shape index (κ1) is 22.1. The number of amides is 1. The number of aliphatic hydroxyl groups is 1. The quantitative estimate of drug-likeness (QED) is 0.369. The van der Waals surface area contributed by atoms with Gasteiger partial charge in [0.2, 0.25) is 0 Å². The molecule has 2 fully saturated rings. The molecule has 1 saturated carbocycles. The number of Topliss-reactive ketones (excluding diaryl/α,β-unsaturated/α-hetero) is 1. The molecule has 168 valence electrons. The molecule has 32 heavy (non-hydrogen) atoms. The number of benzene rings is 2. The monoisotopic (exact) mass is 433 g/mol. The predicted molar refractivity (Wildman–Crippen MR) is 124 cm³/mol. The van der Waals surface area contributed by atoms with Crippen LogP contribution in [0.5, 0.6) is 5.75 Å². The predicted octanol–water partition coefficient (Wildman–Crippen LogP) is 5.54. The fraction of sp³-hybridized carbons (Fsp3) is 0.407. The first-order valence-electron chi connectivity index (χ1n) is 11.6. The summed E-state index contributed by atoms with van der Waals surface area (Å²) in [6.07, 6.45) is 5.93. The third-order valence-corrected chi connectivity index (χ3v) is 6.47. The van der Waals surface area contributed by atoms with Gasteiger partial charge in [-0.2, -0.15) is 0 Å². The molecule has 4 rings (SSSR count). The van der Waals surface area contributed by atoms with Crippen LogP contribution in [0.3, 0.4) is 0 Å². The highest BCUT2D eigenvalue weighted by Crippen LogP contribution is 2.43. The largest absolute Gasteiger partial charge is 0.507 e. The van der Waals surface area contributed by atoms with E-state index in [-0.39, 0.29) is 17.4 Å². The topological polar surface area (TPSA) is 66.8 Å². The number of hydrogen-bond acceptors (Lipinski definition) is 4. The molecule has 1 heterocycles. The molecule has 1 aliphatic heterocycles. The number of hydrogen-bond donors (Lipinski definition) is 1. The normalized spacial score (nSPS) is 21.2. The summed E-state index contributed by atoms with van der Waals surface area (Å²) >= 11 is 0. The zero-order valence-corrected chi connectivity index (χ0v) is 18.8. The van der Waals surface area contributed by atoms with Crippen LogP contribution in [0.15, 0.2) is 54.1 Å². The van der Waals surface area contributed by atoms with Gasteiger partial charge in [0.05, 0.1) is 18.2 Å². The van der Waals surface area contributed by atoms with Crippen molar-refractivity contribution in [3.05, 3.63) is 70.8 Å². The van der Waals surface area contributed by atoms with Gasteiger partial charge in [-0.1, -0.05) is 56.5 Å². The first-order valence-corrected chi connectivity index (χ1v) is 11.6. The molecule has 0 radical (unpaired) electrons. The Bertz CT molecular complexity index is 1020. The van der Waals surface area contributed by atoms with E-state index in [1.54, 1.807) is 11.0 Å². The van der Waals surface area contributed by atoms with Crippen molar-refractivity contribution in [1.82, 2.24) is 4.90 Å². The smallest absolute Gasteiger partial charge is 0.295 e. The Morgan fingerprint density at radius 1 is 1.06 bits per heavy atom. The maximum absolute atomic E-state index is 13.2. The van der Waals surface area contributed by atoms with Crippen LogP contribution in [0, 0.1) is 6.92 Å². The van der Waals surface area contributed by atoms with Crippen molar-refractivity contribution in [2.75, 3.05) is 6.61 Å². The van der Waals surface area contributed by atoms with Crippen LogP contribution in [0.25, 0.3) is 5.76 Å². The molecule has 0 bridgehead atoms. The Labute approximate surface area is 189 Å². The van der Waals surface area contributed by atoms with Crippen molar-refractivity contribution >= 4 is 17.4 Å². The lowest BCUT2D eigenvalue weighted by molar-refractivity contribution is -0.141. The minimum atomic E-state index is -0.606. The van der Waals surface area contributed by atoms with Crippen LogP contribution in [-0.4, -0.2) is 34.3 Å². The number of aliphatic hydroxyl groups excluding tert-OH is 1. The highest BCUT2D eigenvalue weighted by atomic mass is 16.5. The highest BCUT2D eigenvalue weighted by Gasteiger charge is 2.48. The van der Waals surface area contributed by atoms with Crippen molar-refractivity contribution in [2.45, 2.75) is 64.5 Å². The molecule has 5 nitrogen and oxygen atoms in total. The van der Waals surface area contributed by atoms with Crippen LogP contribution < -0.4 is 4.74 Å². The lowest BCUT2D eigenvalue weighted by Crippen LogP contribution is -2.40. The third kappa shape index (κ3) is 4.16. The molecule has 2 aromatic rings. The van der Waals surface area contributed by atoms with Crippen molar-refractivity contribution in [3.8, 4) is 5.75 Å². The maximum atomic E-state index is 13.2. The standard InChI is InChI=1S/C27H31NO4/c1-3-16-32-22-15-14-20(17-18(22)2)25(29)23-24(19-10-6-4-7-11-19)28(27(31)26(23)30)21-12-8-5-9-13-21/h4,6-7,10-11,14-15,17,21,24,29H,3,5,8-9,12-13,16H2,1-2H3/b25-23-. The number of ketones is 1. The molecule has 5 heteroatoms. The molecule has 1 aliphatic carbocycles. The van der Waals surface area contributed by atoms with Crippen LogP contribution in [0.4, 0.5) is 0 Å². The van der Waals surface area contributed by atoms with Gasteiger partial charge in [0, 0.05) is 11.6 Å². The fourth-order valence-electron chi connectivity index (χ4n) is 4.87. The second kappa shape index (κ2) is 9.60. The highest BCUT2D eigenvalue weighted by molar-refractivity contribution is 6.46. The van der Waals surface area contributed by atoms with E-state index in [4.69, 9.17) is 4.74 Å². The molecule has 0 spiro atoms. The van der Waals surface area contributed by atoms with Gasteiger partial charge in [-0.3, -0.25) is 9.59 Å². The maximum Gasteiger partial charge on any atom is 0.295 e. The summed E-state index contributed by atoms with van der Waals surface area (Å²) in [6, 6.07) is 14.4. The van der Waals surface area contributed by atoms with Crippen LogP contribution >= 0.6 is 0 Å². The zero-order valence-electron chi connectivity index (χ0n) is 18.8. The van der Waals surface area contributed by atoms with E-state index in [0.29, 0.717) is 12.2 Å². The molecule has 0 aromatic heterocycles. The molecule has 2 aromatic carbocycles. The van der Waals surface area contributed by atoms with Gasteiger partial charge in [0.25, 0.3) is 11.7 Å². The van der Waals surface area contributed by atoms with E-state index >= 15 is 0 Å². The Hall–Kier alpha value is -3.08. The third-order valence-electron chi connectivity index (χ3n) is 6.47. The van der Waals surface area contributed by atoms with E-state index in [1.165, 1.54) is 0 Å². The fourth-order valence-corrected chi connectivity index (χ4v) is 4.87. The van der Waals surface area contributed by atoms with Crippen molar-refractivity contribution in [2.24, 2.45) is 0 Å². The summed E-state index contributed by atoms with van der Waals surface area (Å²) in [6.45, 7) is 4.58. The number of ether oxygens (including phenoxy) is 1. The summed E-state index contributed by atoms with van der Waals surface area (Å²) in [5.41, 5.74) is 2.42. The second-order valence-corrected chi connectivity index (χ2v) is 8.74. The molecule has 1 atom stereocenters. The second-order valence-electron chi connectivity index (χ2n) is 8.74. The molecule has 2 aliphatic rings. The van der Waals surface area contributed by atoms with Crippen LogP contribution in [0.2, 0.25) is 0 Å². The average Bonchev–Trinajstić information content (AvgIpc) is 3.09. The number of carbonyl (C=O) groups is 2. The molecule has 1 N–H and O–H groups in total. The Balaban J connectivity index is 1.79. The first-order chi connectivity index (χ1) is 15.5. The van der Waals surface area contributed by atoms with Crippen molar-refractivity contribution < 1.29 is 19.4 Å². The number of aryl methyl sites for hydroxylation is 1. The lowest BCUT2D eigenvalue weighted by Gasteiger charge is -2.35. The molecular formula is C27H31NO4. The summed E-state index contributed by atoms with van der Waals surface area (Å²) in [5.74, 6) is -0.482. The van der Waals surface area contributed by atoms with Crippen LogP contribution in [0.1, 0.15) is 68.2 Å². The lowest BCUT2D eigenvalue weighted by atomic mass is 9.91. The number of nitrogens with zero attached hydrogens (tertiary/aromatic N) is 1. The van der Waals surface area contributed by atoms with Gasteiger partial charge in [-0.05, 0) is 55.5 Å². The van der Waals surface area contributed by atoms with Gasteiger partial charge in [-0.25, -0.2) is 0 Å². The van der Waals surface area contributed by atoms with Crippen LogP contribution in [-0.2, 0) is 9.59 Å². The van der Waals surface area contributed by atoms with E-state index in [2.05, 4.69) is 0 Å². The minimum Gasteiger partial charge on any atom is -0.507 e. The number of carbonyl (C=O) groups excluding carboxylic acids is 2. The molecule has 1 saturated heterocycles. The number of likely N-dealkylation sites (tertiary alicyclic amines) is 1. The Morgan fingerprint density at radius 3 is 2.44 bits per heavy atom. The number of rotatable bonds is 6. The summed E-state index contributed by atoms with van der Waals surface area (Å²) < 4.78 is 5.74. The summed E-state index contributed by atoms with van der Waals surface area (Å²) in [4.78, 5) is 28.1. The van der Waals surface area contributed by atoms with Crippen molar-refractivity contribution in [3.63, 3.8) is 0 Å². The minimum absolute atomic E-state index is 0.0160. The SMILES string of the molecule is CCCOc1ccc(/C(O)=C2/C(=O)C(=O)N(C3CCCCC3)C2c2ccccc2)cc1C. The molecule has 1 amide bonds. The van der Waals surface area contributed by atoms with Gasteiger partial charge >= 0.3 is 0 Å². The van der Waals surface area contributed by atoms with E-state index in [9.17, 15) is 14.7 Å². The van der Waals surface area contributed by atoms with E-state index < -0.39 is 17.7 Å². The van der Waals surface area contributed by atoms with Gasteiger partial charge in [0.1, 0.15) is 11.5 Å². The van der Waals surface area contributed by atoms with Gasteiger partial charge in [-0.15, -0.1) is 0 Å². The average molecular weight is 434 g/mol. The van der Waals surface area contributed by atoms with E-state index in [0.717, 1.165) is 55.4 Å². The summed E-state index contributed by atoms with van der Waals surface area (Å²) in [5, 5.41) is 11.3. The zero-order chi connectivity index (χ0) is 22.7. The Kier molecular flexibility index (Phi) is 6.63. The summed E-state index contributed by atoms with van der Waals surface area (Å²) in [7, 11) is 0.